The lowest BCUT2D eigenvalue weighted by molar-refractivity contribution is -0.113. The van der Waals surface area contributed by atoms with Crippen LogP contribution in [0, 0.1) is 0 Å². The summed E-state index contributed by atoms with van der Waals surface area (Å²) in [5.74, 6) is 1.19. The number of fused-ring (bicyclic) bond motifs is 1. The van der Waals surface area contributed by atoms with Gasteiger partial charge in [-0.15, -0.1) is 0 Å². The number of thioether (sulfide) groups is 1. The van der Waals surface area contributed by atoms with Crippen molar-refractivity contribution in [2.45, 2.75) is 6.92 Å². The second kappa shape index (κ2) is 5.96. The molecule has 0 N–H and O–H groups in total. The van der Waals surface area contributed by atoms with Crippen molar-refractivity contribution in [3.63, 3.8) is 0 Å². The maximum absolute atomic E-state index is 13.0. The average molecular weight is 354 g/mol. The molecule has 0 atom stereocenters. The maximum Gasteiger partial charge on any atom is 0.276 e. The van der Waals surface area contributed by atoms with Gasteiger partial charge < -0.3 is 9.64 Å². The molecular weight excluding hydrogens is 340 g/mol. The van der Waals surface area contributed by atoms with Crippen LogP contribution in [0.25, 0.3) is 0 Å². The van der Waals surface area contributed by atoms with E-state index in [0.29, 0.717) is 21.7 Å². The van der Waals surface area contributed by atoms with Crippen molar-refractivity contribution < 1.29 is 9.53 Å². The van der Waals surface area contributed by atoms with E-state index < -0.39 is 0 Å². The highest BCUT2D eigenvalue weighted by Gasteiger charge is 2.40. The predicted octanol–water partition coefficient (Wildman–Crippen LogP) is 4.14. The van der Waals surface area contributed by atoms with Gasteiger partial charge in [0.25, 0.3) is 5.91 Å². The zero-order valence-electron chi connectivity index (χ0n) is 12.9. The van der Waals surface area contributed by atoms with Gasteiger partial charge in [-0.2, -0.15) is 0 Å². The van der Waals surface area contributed by atoms with E-state index in [9.17, 15) is 4.79 Å². The summed E-state index contributed by atoms with van der Waals surface area (Å²) in [5, 5.41) is 0. The van der Waals surface area contributed by atoms with Crippen LogP contribution < -0.4 is 14.5 Å². The predicted molar refractivity (Wildman–Crippen MR) is 101 cm³/mol. The van der Waals surface area contributed by atoms with Crippen LogP contribution in [0.15, 0.2) is 65.4 Å². The molecule has 4 nitrogen and oxygen atoms in total. The van der Waals surface area contributed by atoms with Crippen molar-refractivity contribution in [2.75, 3.05) is 16.3 Å². The number of hydrogen-bond donors (Lipinski definition) is 0. The molecular formula is C18H14N2O2S2. The van der Waals surface area contributed by atoms with E-state index >= 15 is 0 Å². The summed E-state index contributed by atoms with van der Waals surface area (Å²) >= 11 is 6.72. The molecule has 6 heteroatoms. The first-order chi connectivity index (χ1) is 11.7. The largest absolute Gasteiger partial charge is 0.437 e. The monoisotopic (exact) mass is 354 g/mol. The fraction of sp³-hybridized carbons (Fsp3) is 0.111. The molecule has 1 fully saturated rings. The third-order valence-corrected chi connectivity index (χ3v) is 5.25. The van der Waals surface area contributed by atoms with Gasteiger partial charge in [-0.25, -0.2) is 0 Å². The Kier molecular flexibility index (Phi) is 3.78. The second-order valence-corrected chi connectivity index (χ2v) is 6.94. The molecule has 0 aliphatic carbocycles. The van der Waals surface area contributed by atoms with Crippen LogP contribution in [0.5, 0.6) is 5.75 Å². The highest BCUT2D eigenvalue weighted by atomic mass is 32.2. The van der Waals surface area contributed by atoms with Crippen molar-refractivity contribution in [3.05, 3.63) is 65.4 Å². The SMILES string of the molecule is CCN1/C(=C2\SC(=S)N(c3ccccc3)C2=O)Oc2ccccc21. The standard InChI is InChI=1S/C18H14N2O2S2/c1-2-19-13-10-6-7-11-14(13)22-17(19)15-16(21)20(18(23)24-15)12-8-4-3-5-9-12/h3-11H,2H2,1H3/b17-15+. The lowest BCUT2D eigenvalue weighted by Gasteiger charge is -2.17. The Labute approximate surface area is 149 Å². The van der Waals surface area contributed by atoms with E-state index in [1.54, 1.807) is 4.90 Å². The molecule has 24 heavy (non-hydrogen) atoms. The first-order valence-electron chi connectivity index (χ1n) is 7.60. The minimum Gasteiger partial charge on any atom is -0.437 e. The lowest BCUT2D eigenvalue weighted by Crippen LogP contribution is -2.29. The molecule has 4 rings (SSSR count). The van der Waals surface area contributed by atoms with Gasteiger partial charge in [-0.05, 0) is 43.0 Å². The van der Waals surface area contributed by atoms with Crippen LogP contribution in [0.3, 0.4) is 0 Å². The molecule has 2 aromatic rings. The Morgan fingerprint density at radius 1 is 1.08 bits per heavy atom. The number of hydrogen-bond acceptors (Lipinski definition) is 5. The minimum absolute atomic E-state index is 0.141. The van der Waals surface area contributed by atoms with Crippen LogP contribution >= 0.6 is 24.0 Å². The summed E-state index contributed by atoms with van der Waals surface area (Å²) in [4.78, 5) is 17.1. The second-order valence-electron chi connectivity index (χ2n) is 5.29. The Hall–Kier alpha value is -2.31. The number of ether oxygens (including phenoxy) is 1. The molecule has 0 saturated carbocycles. The molecule has 0 bridgehead atoms. The van der Waals surface area contributed by atoms with Gasteiger partial charge in [-0.3, -0.25) is 9.69 Å². The molecule has 120 valence electrons. The Morgan fingerprint density at radius 3 is 2.54 bits per heavy atom. The highest BCUT2D eigenvalue weighted by Crippen LogP contribution is 2.44. The van der Waals surface area contributed by atoms with Crippen molar-refractivity contribution in [1.29, 1.82) is 0 Å². The fourth-order valence-electron chi connectivity index (χ4n) is 2.81. The number of amides is 1. The Balaban J connectivity index is 1.77. The van der Waals surface area contributed by atoms with Crippen molar-refractivity contribution in [1.82, 2.24) is 0 Å². The summed E-state index contributed by atoms with van der Waals surface area (Å²) in [5.41, 5.74) is 1.74. The molecule has 1 amide bonds. The molecule has 0 radical (unpaired) electrons. The molecule has 2 heterocycles. The van der Waals surface area contributed by atoms with Crippen LogP contribution in [0.4, 0.5) is 11.4 Å². The third-order valence-electron chi connectivity index (χ3n) is 3.90. The van der Waals surface area contributed by atoms with Gasteiger partial charge in [0.15, 0.2) is 10.1 Å². The van der Waals surface area contributed by atoms with Gasteiger partial charge in [0.05, 0.1) is 11.4 Å². The first-order valence-corrected chi connectivity index (χ1v) is 8.83. The smallest absolute Gasteiger partial charge is 0.276 e. The van der Waals surface area contributed by atoms with E-state index in [2.05, 4.69) is 0 Å². The van der Waals surface area contributed by atoms with Gasteiger partial charge in [0.2, 0.25) is 5.88 Å². The van der Waals surface area contributed by atoms with Gasteiger partial charge >= 0.3 is 0 Å². The van der Waals surface area contributed by atoms with Crippen LogP contribution in [0.2, 0.25) is 0 Å². The molecule has 0 spiro atoms. The topological polar surface area (TPSA) is 32.8 Å². The van der Waals surface area contributed by atoms with Crippen LogP contribution in [0.1, 0.15) is 6.92 Å². The van der Waals surface area contributed by atoms with Crippen LogP contribution in [-0.2, 0) is 4.79 Å². The summed E-state index contributed by atoms with van der Waals surface area (Å²) in [6.07, 6.45) is 0. The number of carbonyl (C=O) groups is 1. The van der Waals surface area contributed by atoms with E-state index in [1.165, 1.54) is 11.8 Å². The summed E-state index contributed by atoms with van der Waals surface area (Å²) in [7, 11) is 0. The first kappa shape index (κ1) is 15.2. The van der Waals surface area contributed by atoms with E-state index in [-0.39, 0.29) is 5.91 Å². The van der Waals surface area contributed by atoms with Crippen molar-refractivity contribution in [2.24, 2.45) is 0 Å². The number of anilines is 2. The maximum atomic E-state index is 13.0. The number of thiocarbonyl (C=S) groups is 1. The van der Waals surface area contributed by atoms with Gasteiger partial charge in [0.1, 0.15) is 4.91 Å². The van der Waals surface area contributed by atoms with E-state index in [0.717, 1.165) is 17.1 Å². The van der Waals surface area contributed by atoms with Crippen LogP contribution in [-0.4, -0.2) is 16.8 Å². The summed E-state index contributed by atoms with van der Waals surface area (Å²) in [6.45, 7) is 2.74. The molecule has 2 aromatic carbocycles. The third kappa shape index (κ3) is 2.30. The molecule has 2 aliphatic rings. The fourth-order valence-corrected chi connectivity index (χ4v) is 4.12. The zero-order chi connectivity index (χ0) is 16.7. The zero-order valence-corrected chi connectivity index (χ0v) is 14.6. The lowest BCUT2D eigenvalue weighted by atomic mass is 10.3. The minimum atomic E-state index is -0.141. The normalized spacial score (nSPS) is 19.7. The molecule has 0 aromatic heterocycles. The molecule has 2 aliphatic heterocycles. The quantitative estimate of drug-likeness (QED) is 0.598. The number of benzene rings is 2. The highest BCUT2D eigenvalue weighted by molar-refractivity contribution is 8.27. The Morgan fingerprint density at radius 2 is 1.79 bits per heavy atom. The van der Waals surface area contributed by atoms with E-state index in [4.69, 9.17) is 17.0 Å². The van der Waals surface area contributed by atoms with E-state index in [1.807, 2.05) is 66.4 Å². The Bertz CT molecular complexity index is 864. The molecule has 1 saturated heterocycles. The van der Waals surface area contributed by atoms with Crippen molar-refractivity contribution >= 4 is 45.6 Å². The van der Waals surface area contributed by atoms with Crippen molar-refractivity contribution in [3.8, 4) is 5.75 Å². The van der Waals surface area contributed by atoms with Gasteiger partial charge in [0, 0.05) is 6.54 Å². The van der Waals surface area contributed by atoms with Gasteiger partial charge in [-0.1, -0.05) is 42.5 Å². The number of nitrogens with zero attached hydrogens (tertiary/aromatic N) is 2. The number of para-hydroxylation sites is 3. The summed E-state index contributed by atoms with van der Waals surface area (Å²) < 4.78 is 6.49. The number of rotatable bonds is 2. The number of carbonyl (C=O) groups excluding carboxylic acids is 1. The molecule has 0 unspecified atom stereocenters. The average Bonchev–Trinajstić information content (AvgIpc) is 3.12. The summed E-state index contributed by atoms with van der Waals surface area (Å²) in [6, 6.07) is 17.2.